The number of nitrogens with zero attached hydrogens (tertiary/aromatic N) is 3. The molecule has 1 aromatic carbocycles. The molecule has 0 aliphatic carbocycles. The van der Waals surface area contributed by atoms with Crippen LogP contribution in [-0.4, -0.2) is 28.5 Å². The van der Waals surface area contributed by atoms with Gasteiger partial charge in [0.25, 0.3) is 5.56 Å². The molecule has 2 aromatic rings. The van der Waals surface area contributed by atoms with E-state index < -0.39 is 0 Å². The fourth-order valence-corrected chi connectivity index (χ4v) is 2.14. The molecule has 0 bridgehead atoms. The van der Waals surface area contributed by atoms with Crippen LogP contribution in [0.15, 0.2) is 41.3 Å². The lowest BCUT2D eigenvalue weighted by atomic mass is 10.1. The van der Waals surface area contributed by atoms with Gasteiger partial charge in [0.05, 0.1) is 25.0 Å². The van der Waals surface area contributed by atoms with Gasteiger partial charge in [0.2, 0.25) is 0 Å². The summed E-state index contributed by atoms with van der Waals surface area (Å²) in [6.07, 6.45) is 2.75. The molecule has 1 aromatic heterocycles. The van der Waals surface area contributed by atoms with Crippen LogP contribution >= 0.6 is 0 Å². The molecule has 5 heteroatoms. The molecule has 21 heavy (non-hydrogen) atoms. The van der Waals surface area contributed by atoms with Crippen LogP contribution in [0.1, 0.15) is 24.5 Å². The Morgan fingerprint density at radius 1 is 1.24 bits per heavy atom. The zero-order chi connectivity index (χ0) is 15.2. The van der Waals surface area contributed by atoms with Crippen molar-refractivity contribution < 1.29 is 5.11 Å². The van der Waals surface area contributed by atoms with Gasteiger partial charge in [-0.15, -0.1) is 0 Å². The Labute approximate surface area is 124 Å². The molecule has 0 atom stereocenters. The first-order valence-corrected chi connectivity index (χ1v) is 7.11. The van der Waals surface area contributed by atoms with E-state index in [-0.39, 0.29) is 12.2 Å². The number of aliphatic hydroxyl groups excluding tert-OH is 1. The molecule has 0 amide bonds. The number of rotatable bonds is 6. The van der Waals surface area contributed by atoms with Crippen LogP contribution in [0.4, 0.5) is 5.69 Å². The van der Waals surface area contributed by atoms with E-state index in [1.807, 2.05) is 36.2 Å². The Kier molecular flexibility index (Phi) is 5.11. The number of anilines is 1. The standard InChI is InChI=1S/C16H21N3O2/c1-3-8-18(2)15-9-16(21)19(17-10-15)11-13-4-6-14(12-20)7-5-13/h4-7,9-10,20H,3,8,11-12H2,1-2H3. The molecule has 0 fully saturated rings. The second kappa shape index (κ2) is 7.04. The fourth-order valence-electron chi connectivity index (χ4n) is 2.14. The van der Waals surface area contributed by atoms with E-state index in [0.29, 0.717) is 6.54 Å². The van der Waals surface area contributed by atoms with Gasteiger partial charge in [0.1, 0.15) is 0 Å². The van der Waals surface area contributed by atoms with Crippen molar-refractivity contribution in [1.29, 1.82) is 0 Å². The van der Waals surface area contributed by atoms with Crippen molar-refractivity contribution in [1.82, 2.24) is 9.78 Å². The average Bonchev–Trinajstić information content (AvgIpc) is 2.50. The van der Waals surface area contributed by atoms with Crippen molar-refractivity contribution in [3.05, 3.63) is 58.0 Å². The lowest BCUT2D eigenvalue weighted by Gasteiger charge is -2.17. The minimum Gasteiger partial charge on any atom is -0.392 e. The number of aromatic nitrogens is 2. The van der Waals surface area contributed by atoms with Crippen molar-refractivity contribution in [3.63, 3.8) is 0 Å². The molecule has 5 nitrogen and oxygen atoms in total. The summed E-state index contributed by atoms with van der Waals surface area (Å²) in [6.45, 7) is 3.45. The molecule has 0 radical (unpaired) electrons. The molecule has 0 saturated heterocycles. The van der Waals surface area contributed by atoms with Crippen molar-refractivity contribution in [2.75, 3.05) is 18.5 Å². The molecular weight excluding hydrogens is 266 g/mol. The normalized spacial score (nSPS) is 10.6. The summed E-state index contributed by atoms with van der Waals surface area (Å²) in [5.41, 5.74) is 2.57. The minimum absolute atomic E-state index is 0.0247. The van der Waals surface area contributed by atoms with E-state index in [4.69, 9.17) is 5.11 Å². The van der Waals surface area contributed by atoms with Gasteiger partial charge in [-0.1, -0.05) is 31.2 Å². The van der Waals surface area contributed by atoms with Crippen molar-refractivity contribution in [2.45, 2.75) is 26.5 Å². The van der Waals surface area contributed by atoms with E-state index in [9.17, 15) is 4.79 Å². The topological polar surface area (TPSA) is 58.4 Å². The third kappa shape index (κ3) is 3.92. The number of hydrogen-bond acceptors (Lipinski definition) is 4. The lowest BCUT2D eigenvalue weighted by Crippen LogP contribution is -2.26. The maximum atomic E-state index is 12.1. The summed E-state index contributed by atoms with van der Waals surface area (Å²) >= 11 is 0. The van der Waals surface area contributed by atoms with Crippen LogP contribution in [0.2, 0.25) is 0 Å². The molecule has 0 unspecified atom stereocenters. The Hall–Kier alpha value is -2.14. The predicted molar refractivity (Wildman–Crippen MR) is 83.5 cm³/mol. The molecule has 1 N–H and O–H groups in total. The number of hydrogen-bond donors (Lipinski definition) is 1. The van der Waals surface area contributed by atoms with Crippen molar-refractivity contribution >= 4 is 5.69 Å². The van der Waals surface area contributed by atoms with Gasteiger partial charge in [0.15, 0.2) is 0 Å². The Balaban J connectivity index is 2.15. The van der Waals surface area contributed by atoms with E-state index in [1.165, 1.54) is 4.68 Å². The second-order valence-electron chi connectivity index (χ2n) is 5.11. The highest BCUT2D eigenvalue weighted by molar-refractivity contribution is 5.41. The summed E-state index contributed by atoms with van der Waals surface area (Å²) < 4.78 is 1.44. The van der Waals surface area contributed by atoms with Gasteiger partial charge >= 0.3 is 0 Å². The van der Waals surface area contributed by atoms with Crippen LogP contribution in [0, 0.1) is 0 Å². The molecule has 0 aliphatic heterocycles. The second-order valence-corrected chi connectivity index (χ2v) is 5.11. The highest BCUT2D eigenvalue weighted by Gasteiger charge is 2.05. The van der Waals surface area contributed by atoms with Gasteiger partial charge in [-0.05, 0) is 17.5 Å². The maximum absolute atomic E-state index is 12.1. The van der Waals surface area contributed by atoms with E-state index in [1.54, 1.807) is 12.3 Å². The highest BCUT2D eigenvalue weighted by atomic mass is 16.3. The average molecular weight is 287 g/mol. The van der Waals surface area contributed by atoms with Gasteiger partial charge < -0.3 is 10.0 Å². The number of aliphatic hydroxyl groups is 1. The van der Waals surface area contributed by atoms with Crippen molar-refractivity contribution in [3.8, 4) is 0 Å². The van der Waals surface area contributed by atoms with Crippen LogP contribution in [0.5, 0.6) is 0 Å². The van der Waals surface area contributed by atoms with Crippen LogP contribution in [0.3, 0.4) is 0 Å². The third-order valence-corrected chi connectivity index (χ3v) is 3.39. The zero-order valence-electron chi connectivity index (χ0n) is 12.5. The van der Waals surface area contributed by atoms with Gasteiger partial charge in [-0.3, -0.25) is 4.79 Å². The smallest absolute Gasteiger partial charge is 0.269 e. The molecule has 112 valence electrons. The first kappa shape index (κ1) is 15.3. The Bertz CT molecular complexity index is 635. The maximum Gasteiger partial charge on any atom is 0.269 e. The third-order valence-electron chi connectivity index (χ3n) is 3.39. The highest BCUT2D eigenvalue weighted by Crippen LogP contribution is 2.09. The van der Waals surface area contributed by atoms with Crippen LogP contribution < -0.4 is 10.5 Å². The summed E-state index contributed by atoms with van der Waals surface area (Å²) in [5, 5.41) is 13.2. The number of benzene rings is 1. The summed E-state index contributed by atoms with van der Waals surface area (Å²) in [6, 6.07) is 9.12. The molecule has 2 rings (SSSR count). The fraction of sp³-hybridized carbons (Fsp3) is 0.375. The van der Waals surface area contributed by atoms with Crippen LogP contribution in [-0.2, 0) is 13.2 Å². The minimum atomic E-state index is -0.110. The Morgan fingerprint density at radius 3 is 2.48 bits per heavy atom. The molecule has 1 heterocycles. The monoisotopic (exact) mass is 287 g/mol. The molecule has 0 spiro atoms. The summed E-state index contributed by atoms with van der Waals surface area (Å²) in [5.74, 6) is 0. The zero-order valence-corrected chi connectivity index (χ0v) is 12.5. The first-order chi connectivity index (χ1) is 10.1. The molecule has 0 saturated carbocycles. The lowest BCUT2D eigenvalue weighted by molar-refractivity contribution is 0.282. The SMILES string of the molecule is CCCN(C)c1cnn(Cc2ccc(CO)cc2)c(=O)c1. The van der Waals surface area contributed by atoms with Crippen molar-refractivity contribution in [2.24, 2.45) is 0 Å². The van der Waals surface area contributed by atoms with Gasteiger partial charge in [-0.25, -0.2) is 4.68 Å². The summed E-state index contributed by atoms with van der Waals surface area (Å²) in [4.78, 5) is 14.1. The van der Waals surface area contributed by atoms with E-state index >= 15 is 0 Å². The molecular formula is C16H21N3O2. The summed E-state index contributed by atoms with van der Waals surface area (Å²) in [7, 11) is 1.96. The first-order valence-electron chi connectivity index (χ1n) is 7.11. The van der Waals surface area contributed by atoms with Crippen LogP contribution in [0.25, 0.3) is 0 Å². The van der Waals surface area contributed by atoms with Gasteiger partial charge in [0, 0.05) is 19.7 Å². The van der Waals surface area contributed by atoms with E-state index in [0.717, 1.165) is 29.8 Å². The predicted octanol–water partition coefficient (Wildman–Crippen LogP) is 1.63. The largest absolute Gasteiger partial charge is 0.392 e. The van der Waals surface area contributed by atoms with Gasteiger partial charge in [-0.2, -0.15) is 5.10 Å². The Morgan fingerprint density at radius 2 is 1.90 bits per heavy atom. The van der Waals surface area contributed by atoms with E-state index in [2.05, 4.69) is 12.0 Å². The molecule has 0 aliphatic rings. The quantitative estimate of drug-likeness (QED) is 0.877.